The van der Waals surface area contributed by atoms with E-state index in [4.69, 9.17) is 9.47 Å². The highest BCUT2D eigenvalue weighted by atomic mass is 16.5. The van der Waals surface area contributed by atoms with Gasteiger partial charge in [-0.3, -0.25) is 14.6 Å². The van der Waals surface area contributed by atoms with Crippen molar-refractivity contribution in [2.24, 2.45) is 0 Å². The highest BCUT2D eigenvalue weighted by Gasteiger charge is 2.22. The number of benzene rings is 3. The average Bonchev–Trinajstić information content (AvgIpc) is 2.83. The first-order chi connectivity index (χ1) is 15.5. The summed E-state index contributed by atoms with van der Waals surface area (Å²) in [6.07, 6.45) is 1.58. The van der Waals surface area contributed by atoms with Crippen molar-refractivity contribution in [2.75, 3.05) is 7.11 Å². The molecule has 160 valence electrons. The monoisotopic (exact) mass is 425 g/mol. The molecule has 0 N–H and O–H groups in total. The molecule has 4 rings (SSSR count). The van der Waals surface area contributed by atoms with Crippen LogP contribution in [0.2, 0.25) is 0 Å². The molecular formula is C27H23NO4. The van der Waals surface area contributed by atoms with Crippen molar-refractivity contribution in [3.63, 3.8) is 0 Å². The first-order valence-corrected chi connectivity index (χ1v) is 10.3. The Bertz CT molecular complexity index is 1310. The molecule has 0 aliphatic carbocycles. The molecule has 0 fully saturated rings. The van der Waals surface area contributed by atoms with Crippen LogP contribution in [0, 0.1) is 6.92 Å². The molecule has 0 saturated carbocycles. The lowest BCUT2D eigenvalue weighted by Crippen LogP contribution is -2.18. The van der Waals surface area contributed by atoms with E-state index in [0.29, 0.717) is 11.3 Å². The minimum Gasteiger partial charge on any atom is -0.497 e. The van der Waals surface area contributed by atoms with Gasteiger partial charge in [0, 0.05) is 6.20 Å². The van der Waals surface area contributed by atoms with Crippen molar-refractivity contribution in [1.82, 2.24) is 4.98 Å². The number of methoxy groups -OCH3 is 1. The molecule has 1 atom stereocenters. The zero-order chi connectivity index (χ0) is 22.7. The summed E-state index contributed by atoms with van der Waals surface area (Å²) in [5.41, 5.74) is 2.24. The molecule has 32 heavy (non-hydrogen) atoms. The minimum atomic E-state index is -0.513. The predicted molar refractivity (Wildman–Crippen MR) is 123 cm³/mol. The fourth-order valence-corrected chi connectivity index (χ4v) is 3.57. The zero-order valence-electron chi connectivity index (χ0n) is 18.2. The number of fused-ring (bicyclic) bond motifs is 1. The number of hydrogen-bond acceptors (Lipinski definition) is 5. The van der Waals surface area contributed by atoms with Crippen molar-refractivity contribution >= 4 is 22.5 Å². The molecule has 0 aliphatic heterocycles. The van der Waals surface area contributed by atoms with Gasteiger partial charge < -0.3 is 9.47 Å². The van der Waals surface area contributed by atoms with Gasteiger partial charge in [0.15, 0.2) is 0 Å². The Kier molecular flexibility index (Phi) is 5.99. The Morgan fingerprint density at radius 1 is 0.906 bits per heavy atom. The van der Waals surface area contributed by atoms with E-state index >= 15 is 0 Å². The number of para-hydroxylation sites is 1. The number of aryl methyl sites for hydroxylation is 1. The smallest absolute Gasteiger partial charge is 0.318 e. The Morgan fingerprint density at radius 2 is 1.66 bits per heavy atom. The number of rotatable bonds is 6. The summed E-state index contributed by atoms with van der Waals surface area (Å²) < 4.78 is 11.0. The minimum absolute atomic E-state index is 0.227. The van der Waals surface area contributed by atoms with E-state index in [1.807, 2.05) is 49.4 Å². The van der Waals surface area contributed by atoms with Gasteiger partial charge in [-0.25, -0.2) is 0 Å². The number of carbonyl (C=O) groups is 2. The lowest BCUT2D eigenvalue weighted by atomic mass is 9.97. The molecule has 1 heterocycles. The summed E-state index contributed by atoms with van der Waals surface area (Å²) in [6.45, 7) is 3.62. The second kappa shape index (κ2) is 9.02. The number of hydrogen-bond donors (Lipinski definition) is 0. The van der Waals surface area contributed by atoms with E-state index in [0.717, 1.165) is 27.6 Å². The van der Waals surface area contributed by atoms with Crippen LogP contribution in [0.5, 0.6) is 11.5 Å². The van der Waals surface area contributed by atoms with Gasteiger partial charge in [-0.2, -0.15) is 0 Å². The van der Waals surface area contributed by atoms with Crippen molar-refractivity contribution in [3.05, 3.63) is 101 Å². The van der Waals surface area contributed by atoms with Gasteiger partial charge in [-0.1, -0.05) is 42.5 Å². The molecule has 0 radical (unpaired) electrons. The van der Waals surface area contributed by atoms with E-state index in [9.17, 15) is 9.59 Å². The van der Waals surface area contributed by atoms with Crippen LogP contribution in [0.1, 0.15) is 40.0 Å². The SMILES string of the molecule is COc1ccc2cc(C(C)C(=O)Oc3ccccc3C(=O)c3ncccc3C)ccc2c1. The first kappa shape index (κ1) is 21.2. The van der Waals surface area contributed by atoms with Crippen molar-refractivity contribution in [1.29, 1.82) is 0 Å². The maximum atomic E-state index is 13.0. The number of carbonyl (C=O) groups excluding carboxylic acids is 2. The lowest BCUT2D eigenvalue weighted by Gasteiger charge is -2.15. The average molecular weight is 425 g/mol. The third-order valence-electron chi connectivity index (χ3n) is 5.49. The number of pyridine rings is 1. The van der Waals surface area contributed by atoms with Gasteiger partial charge in [0.05, 0.1) is 18.6 Å². The van der Waals surface area contributed by atoms with Gasteiger partial charge in [0.25, 0.3) is 0 Å². The maximum absolute atomic E-state index is 13.0. The van der Waals surface area contributed by atoms with Crippen LogP contribution in [0.25, 0.3) is 10.8 Å². The van der Waals surface area contributed by atoms with E-state index < -0.39 is 11.9 Å². The van der Waals surface area contributed by atoms with Crippen LogP contribution < -0.4 is 9.47 Å². The number of ether oxygens (including phenoxy) is 2. The molecule has 3 aromatic carbocycles. The Hall–Kier alpha value is -3.99. The normalized spacial score (nSPS) is 11.7. The predicted octanol–water partition coefficient (Wildman–Crippen LogP) is 5.49. The summed E-state index contributed by atoms with van der Waals surface area (Å²) in [5.74, 6) is -0.219. The molecule has 1 aromatic heterocycles. The Balaban J connectivity index is 1.59. The molecule has 0 saturated heterocycles. The Labute approximate surface area is 186 Å². The fourth-order valence-electron chi connectivity index (χ4n) is 3.57. The third-order valence-corrected chi connectivity index (χ3v) is 5.49. The summed E-state index contributed by atoms with van der Waals surface area (Å²) >= 11 is 0. The van der Waals surface area contributed by atoms with E-state index in [2.05, 4.69) is 4.98 Å². The van der Waals surface area contributed by atoms with Crippen LogP contribution in [0.4, 0.5) is 0 Å². The van der Waals surface area contributed by atoms with Crippen molar-refractivity contribution in [2.45, 2.75) is 19.8 Å². The third kappa shape index (κ3) is 4.23. The summed E-state index contributed by atoms with van der Waals surface area (Å²) in [6, 6.07) is 22.0. The molecule has 0 amide bonds. The van der Waals surface area contributed by atoms with Crippen LogP contribution in [-0.4, -0.2) is 23.8 Å². The largest absolute Gasteiger partial charge is 0.497 e. The molecule has 1 unspecified atom stereocenters. The van der Waals surface area contributed by atoms with Gasteiger partial charge in [0.1, 0.15) is 17.2 Å². The standard InChI is InChI=1S/C27H23NO4/c1-17-7-6-14-28-25(17)26(29)23-8-4-5-9-24(23)32-27(30)18(2)19-10-11-21-16-22(31-3)13-12-20(21)15-19/h4-16,18H,1-3H3. The second-order valence-corrected chi connectivity index (χ2v) is 7.61. The molecule has 4 aromatic rings. The van der Waals surface area contributed by atoms with Crippen molar-refractivity contribution in [3.8, 4) is 11.5 Å². The summed E-state index contributed by atoms with van der Waals surface area (Å²) in [5, 5.41) is 2.03. The van der Waals surface area contributed by atoms with Gasteiger partial charge in [0.2, 0.25) is 5.78 Å². The van der Waals surface area contributed by atoms with E-state index in [-0.39, 0.29) is 11.5 Å². The lowest BCUT2D eigenvalue weighted by molar-refractivity contribution is -0.135. The molecule has 0 bridgehead atoms. The molecule has 0 aliphatic rings. The Morgan fingerprint density at radius 3 is 2.44 bits per heavy atom. The summed E-state index contributed by atoms with van der Waals surface area (Å²) in [4.78, 5) is 30.2. The topological polar surface area (TPSA) is 65.5 Å². The molecule has 0 spiro atoms. The van der Waals surface area contributed by atoms with Crippen LogP contribution in [0.3, 0.4) is 0 Å². The highest BCUT2D eigenvalue weighted by molar-refractivity contribution is 6.10. The van der Waals surface area contributed by atoms with Crippen LogP contribution in [-0.2, 0) is 4.79 Å². The summed E-state index contributed by atoms with van der Waals surface area (Å²) in [7, 11) is 1.63. The zero-order valence-corrected chi connectivity index (χ0v) is 18.2. The maximum Gasteiger partial charge on any atom is 0.318 e. The number of aromatic nitrogens is 1. The van der Waals surface area contributed by atoms with E-state index in [1.165, 1.54) is 0 Å². The molecule has 5 heteroatoms. The van der Waals surface area contributed by atoms with Crippen molar-refractivity contribution < 1.29 is 19.1 Å². The highest BCUT2D eigenvalue weighted by Crippen LogP contribution is 2.28. The van der Waals surface area contributed by atoms with Gasteiger partial charge >= 0.3 is 5.97 Å². The fraction of sp³-hybridized carbons (Fsp3) is 0.148. The first-order valence-electron chi connectivity index (χ1n) is 10.3. The second-order valence-electron chi connectivity index (χ2n) is 7.61. The van der Waals surface area contributed by atoms with Gasteiger partial charge in [-0.15, -0.1) is 0 Å². The van der Waals surface area contributed by atoms with E-state index in [1.54, 1.807) is 50.6 Å². The van der Waals surface area contributed by atoms with Crippen LogP contribution >= 0.6 is 0 Å². The number of esters is 1. The molecular weight excluding hydrogens is 402 g/mol. The van der Waals surface area contributed by atoms with Crippen LogP contribution in [0.15, 0.2) is 79.0 Å². The quantitative estimate of drug-likeness (QED) is 0.232. The van der Waals surface area contributed by atoms with Gasteiger partial charge in [-0.05, 0) is 66.1 Å². The number of nitrogens with zero attached hydrogens (tertiary/aromatic N) is 1. The molecule has 5 nitrogen and oxygen atoms in total. The number of ketones is 1.